The normalized spacial score (nSPS) is 16.1. The number of benzene rings is 3. The molecule has 0 fully saturated rings. The number of hydrogen-bond acceptors (Lipinski definition) is 4. The van der Waals surface area contributed by atoms with Gasteiger partial charge in [0.25, 0.3) is 0 Å². The first-order chi connectivity index (χ1) is 23.5. The van der Waals surface area contributed by atoms with Crippen LogP contribution in [-0.2, 0) is 22.5 Å². The number of hydrogen-bond donors (Lipinski definition) is 0. The Morgan fingerprint density at radius 3 is 2.16 bits per heavy atom. The summed E-state index contributed by atoms with van der Waals surface area (Å²) in [5.41, 5.74) is 4.13. The molecule has 1 atom stereocenters. The van der Waals surface area contributed by atoms with Crippen molar-refractivity contribution in [2.75, 3.05) is 13.1 Å². The lowest BCUT2D eigenvalue weighted by molar-refractivity contribution is -0.137. The number of fused-ring (bicyclic) bond motifs is 1. The molecule has 1 aliphatic heterocycles. The molecule has 256 valence electrons. The van der Waals surface area contributed by atoms with Crippen LogP contribution in [0, 0.1) is 13.8 Å². The van der Waals surface area contributed by atoms with E-state index < -0.39 is 18.2 Å². The predicted octanol–water partition coefficient (Wildman–Crippen LogP) is 10.6. The Kier molecular flexibility index (Phi) is 10.2. The first-order valence-electron chi connectivity index (χ1n) is 16.4. The Balaban J connectivity index is 1.64. The standard InChI is InChI=1S/C37H38ClF3N5OPS/c1-5-7-21-44(22-8-6-2)48(49)34-33(32-23-25(3)45(26(32)4)31-16-12-13-28(24-31)37(39,40)41)43-46(30-14-10-9-11-15-30)35(34)42-36(47-48)27-17-19-29(38)20-18-27/h9-20,23-24H,5-8,21-22H2,1-4H3. The second-order valence-electron chi connectivity index (χ2n) is 12.1. The van der Waals surface area contributed by atoms with Crippen molar-refractivity contribution in [1.82, 2.24) is 19.0 Å². The van der Waals surface area contributed by atoms with Gasteiger partial charge in [-0.3, -0.25) is 0 Å². The van der Waals surface area contributed by atoms with Crippen molar-refractivity contribution in [3.8, 4) is 22.6 Å². The third kappa shape index (κ3) is 6.89. The van der Waals surface area contributed by atoms with E-state index in [2.05, 4.69) is 18.5 Å². The smallest absolute Gasteiger partial charge is 0.416 e. The van der Waals surface area contributed by atoms with Gasteiger partial charge in [-0.1, -0.05) is 62.6 Å². The van der Waals surface area contributed by atoms with Gasteiger partial charge in [-0.15, -0.1) is 0 Å². The van der Waals surface area contributed by atoms with E-state index >= 15 is 0 Å². The third-order valence-corrected chi connectivity index (χ3v) is 12.9. The van der Waals surface area contributed by atoms with E-state index in [1.165, 1.54) is 12.1 Å². The van der Waals surface area contributed by atoms with Crippen molar-refractivity contribution < 1.29 is 17.7 Å². The van der Waals surface area contributed by atoms with E-state index in [1.807, 2.05) is 71.6 Å². The molecule has 0 amide bonds. The Bertz CT molecular complexity index is 2030. The topological polar surface area (TPSA) is 47.6 Å². The molecule has 1 aliphatic rings. The molecule has 1 unspecified atom stereocenters. The second kappa shape index (κ2) is 14.3. The lowest BCUT2D eigenvalue weighted by Gasteiger charge is -2.37. The number of rotatable bonds is 11. The molecule has 0 aliphatic carbocycles. The van der Waals surface area contributed by atoms with E-state index in [-0.39, 0.29) is 0 Å². The monoisotopic (exact) mass is 723 g/mol. The molecule has 0 saturated carbocycles. The molecule has 0 saturated heterocycles. The zero-order chi connectivity index (χ0) is 34.9. The van der Waals surface area contributed by atoms with Gasteiger partial charge in [0.2, 0.25) is 12.3 Å². The molecule has 3 heterocycles. The average Bonchev–Trinajstić information content (AvgIpc) is 3.62. The molecule has 5 aromatic rings. The summed E-state index contributed by atoms with van der Waals surface area (Å²) >= 11 is 13.0. The summed E-state index contributed by atoms with van der Waals surface area (Å²) in [5, 5.41) is 6.56. The maximum atomic E-state index is 13.8. The molecular weight excluding hydrogens is 686 g/mol. The Labute approximate surface area is 295 Å². The molecule has 2 aromatic heterocycles. The van der Waals surface area contributed by atoms with Crippen LogP contribution in [0.3, 0.4) is 0 Å². The maximum absolute atomic E-state index is 13.8. The fraction of sp³-hybridized carbons (Fsp3) is 0.297. The van der Waals surface area contributed by atoms with E-state index in [0.717, 1.165) is 78.3 Å². The van der Waals surface area contributed by atoms with Gasteiger partial charge in [0, 0.05) is 46.3 Å². The van der Waals surface area contributed by atoms with Crippen molar-refractivity contribution >= 4 is 46.8 Å². The van der Waals surface area contributed by atoms with Crippen LogP contribution in [-0.4, -0.2) is 38.0 Å². The SMILES string of the molecule is CCCCN(CCCC)P1(=S)OC(c2ccc(Cl)cc2)=Nc2c1c(-c1cc(C)n(-c3cccc(C(F)(F)F)c3)c1C)nn2-c1ccccc1. The van der Waals surface area contributed by atoms with E-state index in [9.17, 15) is 13.2 Å². The number of aliphatic imine (C=N–C) groups is 1. The molecule has 0 bridgehead atoms. The van der Waals surface area contributed by atoms with Crippen molar-refractivity contribution in [2.45, 2.75) is 59.6 Å². The van der Waals surface area contributed by atoms with Gasteiger partial charge >= 0.3 is 6.18 Å². The average molecular weight is 724 g/mol. The largest absolute Gasteiger partial charge is 0.431 e. The first kappa shape index (κ1) is 35.1. The lowest BCUT2D eigenvalue weighted by Crippen LogP contribution is -2.33. The minimum absolute atomic E-state index is 0.406. The van der Waals surface area contributed by atoms with Crippen molar-refractivity contribution in [3.63, 3.8) is 0 Å². The van der Waals surface area contributed by atoms with Gasteiger partial charge in [-0.25, -0.2) is 9.35 Å². The van der Waals surface area contributed by atoms with Crippen LogP contribution in [0.2, 0.25) is 5.02 Å². The second-order valence-corrected chi connectivity index (χ2v) is 16.3. The van der Waals surface area contributed by atoms with Crippen LogP contribution in [0.1, 0.15) is 62.0 Å². The quantitative estimate of drug-likeness (QED) is 0.127. The highest BCUT2D eigenvalue weighted by molar-refractivity contribution is 8.15. The number of aryl methyl sites for hydroxylation is 1. The number of unbranched alkanes of at least 4 members (excludes halogenated alkanes) is 2. The molecular formula is C37H38ClF3N5OPS. The summed E-state index contributed by atoms with van der Waals surface area (Å²) in [7, 11) is 0. The summed E-state index contributed by atoms with van der Waals surface area (Å²) in [6.45, 7) is 9.57. The highest BCUT2D eigenvalue weighted by atomic mass is 35.5. The molecule has 12 heteroatoms. The highest BCUT2D eigenvalue weighted by Crippen LogP contribution is 2.58. The summed E-state index contributed by atoms with van der Waals surface area (Å²) in [4.78, 5) is 5.12. The van der Waals surface area contributed by atoms with E-state index in [4.69, 9.17) is 38.0 Å². The number of alkyl halides is 3. The number of nitrogens with zero attached hydrogens (tertiary/aromatic N) is 5. The molecule has 6 nitrogen and oxygen atoms in total. The van der Waals surface area contributed by atoms with Crippen LogP contribution in [0.4, 0.5) is 19.0 Å². The van der Waals surface area contributed by atoms with Crippen LogP contribution >= 0.6 is 18.0 Å². The third-order valence-electron chi connectivity index (χ3n) is 8.66. The van der Waals surface area contributed by atoms with Gasteiger partial charge in [0.05, 0.1) is 11.3 Å². The number of aromatic nitrogens is 3. The zero-order valence-electron chi connectivity index (χ0n) is 27.8. The Morgan fingerprint density at radius 1 is 0.878 bits per heavy atom. The highest BCUT2D eigenvalue weighted by Gasteiger charge is 2.43. The van der Waals surface area contributed by atoms with Crippen molar-refractivity contribution in [2.24, 2.45) is 4.99 Å². The number of halogens is 4. The predicted molar refractivity (Wildman–Crippen MR) is 197 cm³/mol. The molecule has 3 aromatic carbocycles. The lowest BCUT2D eigenvalue weighted by atomic mass is 10.1. The van der Waals surface area contributed by atoms with Crippen LogP contribution in [0.15, 0.2) is 89.9 Å². The van der Waals surface area contributed by atoms with Crippen LogP contribution in [0.25, 0.3) is 22.6 Å². The van der Waals surface area contributed by atoms with Gasteiger partial charge < -0.3 is 9.09 Å². The van der Waals surface area contributed by atoms with Crippen molar-refractivity contribution in [1.29, 1.82) is 0 Å². The molecule has 49 heavy (non-hydrogen) atoms. The summed E-state index contributed by atoms with van der Waals surface area (Å²) in [6, 6.07) is 24.5. The summed E-state index contributed by atoms with van der Waals surface area (Å²) in [5.74, 6) is 0.992. The fourth-order valence-electron chi connectivity index (χ4n) is 6.16. The Hall–Kier alpha value is -3.69. The van der Waals surface area contributed by atoms with Gasteiger partial charge in [0.1, 0.15) is 11.0 Å². The van der Waals surface area contributed by atoms with E-state index in [0.29, 0.717) is 28.1 Å². The maximum Gasteiger partial charge on any atom is 0.416 e. The summed E-state index contributed by atoms with van der Waals surface area (Å²) in [6.07, 6.45) is -3.71. The van der Waals surface area contributed by atoms with E-state index in [1.54, 1.807) is 18.2 Å². The van der Waals surface area contributed by atoms with Crippen molar-refractivity contribution in [3.05, 3.63) is 112 Å². The molecule has 0 radical (unpaired) electrons. The minimum Gasteiger partial charge on any atom is -0.431 e. The van der Waals surface area contributed by atoms with Crippen LogP contribution in [0.5, 0.6) is 0 Å². The van der Waals surface area contributed by atoms with Gasteiger partial charge in [-0.05, 0) is 99.2 Å². The van der Waals surface area contributed by atoms with Gasteiger partial charge in [0.15, 0.2) is 5.82 Å². The number of para-hydroxylation sites is 1. The Morgan fingerprint density at radius 2 is 1.53 bits per heavy atom. The van der Waals surface area contributed by atoms with Gasteiger partial charge in [-0.2, -0.15) is 23.3 Å². The van der Waals surface area contributed by atoms with Crippen LogP contribution < -0.4 is 5.30 Å². The minimum atomic E-state index is -4.47. The first-order valence-corrected chi connectivity index (χ1v) is 19.5. The zero-order valence-corrected chi connectivity index (χ0v) is 30.3. The molecule has 0 spiro atoms. The summed E-state index contributed by atoms with van der Waals surface area (Å²) < 4.78 is 54.2. The fourth-order valence-corrected chi connectivity index (χ4v) is 10.00. The molecule has 0 N–H and O–H groups in total. The molecule has 6 rings (SSSR count).